The van der Waals surface area contributed by atoms with Crippen molar-refractivity contribution in [3.63, 3.8) is 0 Å². The predicted molar refractivity (Wildman–Crippen MR) is 55.9 cm³/mol. The Kier molecular flexibility index (Phi) is 52.0. The summed E-state index contributed by atoms with van der Waals surface area (Å²) in [4.78, 5) is 21.6. The molecule has 9 heteroatoms. The number of hydrogen-bond donors (Lipinski definition) is 3. The molecule has 0 aromatic carbocycles. The normalized spacial score (nSPS) is 6.55. The fraction of sp³-hybridized carbons (Fsp3) is 0. The Morgan fingerprint density at radius 1 is 1.18 bits per heavy atom. The van der Waals surface area contributed by atoms with Crippen LogP contribution in [-0.4, -0.2) is 128 Å². The molecule has 0 aromatic rings. The molecular formula is C2H12Ca3ClO4P. The van der Waals surface area contributed by atoms with Crippen LogP contribution in [0.15, 0.2) is 12.1 Å². The van der Waals surface area contributed by atoms with E-state index in [1.54, 1.807) is 0 Å². The Balaban J connectivity index is -0.0000000183. The van der Waals surface area contributed by atoms with E-state index in [1.807, 2.05) is 0 Å². The van der Waals surface area contributed by atoms with Gasteiger partial charge in [-0.15, -0.1) is 0 Å². The first-order valence-electron chi connectivity index (χ1n) is 1.41. The van der Waals surface area contributed by atoms with Gasteiger partial charge in [0.15, 0.2) is 0 Å². The van der Waals surface area contributed by atoms with Gasteiger partial charge in [0.05, 0.1) is 0 Å². The average Bonchev–Trinajstić information content (AvgIpc) is 1.27. The zero-order valence-corrected chi connectivity index (χ0v) is 5.51. The van der Waals surface area contributed by atoms with E-state index >= 15 is 0 Å². The summed E-state index contributed by atoms with van der Waals surface area (Å²) >= 11 is 4.76. The standard InChI is InChI=1S/C2H3Cl.3Ca.H3O4P.6H/c1-2-3;;;;1-5(2,3)4;;;;;;/h2H,1H2;;;;(H3,1,2,3,4);;;;;;. The molecule has 0 aliphatic rings. The Morgan fingerprint density at radius 2 is 1.18 bits per heavy atom. The van der Waals surface area contributed by atoms with Crippen molar-refractivity contribution in [3.8, 4) is 0 Å². The molecule has 4 nitrogen and oxygen atoms in total. The first-order chi connectivity index (χ1) is 3.41. The van der Waals surface area contributed by atoms with Gasteiger partial charge in [-0.3, -0.25) is 0 Å². The van der Waals surface area contributed by atoms with Crippen molar-refractivity contribution in [1.82, 2.24) is 0 Å². The van der Waals surface area contributed by atoms with Crippen LogP contribution in [0.5, 0.6) is 0 Å². The van der Waals surface area contributed by atoms with Crippen LogP contribution in [0.1, 0.15) is 0 Å². The summed E-state index contributed by atoms with van der Waals surface area (Å²) in [5.74, 6) is 0. The van der Waals surface area contributed by atoms with E-state index in [4.69, 9.17) is 30.8 Å². The average molecular weight is 287 g/mol. The Bertz CT molecular complexity index is 97.2. The Labute approximate surface area is 160 Å². The van der Waals surface area contributed by atoms with Gasteiger partial charge in [-0.05, 0) is 5.54 Å². The molecule has 3 N–H and O–H groups in total. The second-order valence-electron chi connectivity index (χ2n) is 0.668. The molecule has 0 atom stereocenters. The molecule has 0 spiro atoms. The zero-order valence-electron chi connectivity index (χ0n) is 3.86. The molecule has 0 radical (unpaired) electrons. The number of halogens is 1. The van der Waals surface area contributed by atoms with Crippen LogP contribution in [0, 0.1) is 0 Å². The summed E-state index contributed by atoms with van der Waals surface area (Å²) in [6.07, 6.45) is 0. The third kappa shape index (κ3) is 129. The van der Waals surface area contributed by atoms with Crippen LogP contribution in [0.25, 0.3) is 0 Å². The van der Waals surface area contributed by atoms with E-state index < -0.39 is 7.82 Å². The van der Waals surface area contributed by atoms with Gasteiger partial charge in [-0.25, -0.2) is 4.57 Å². The van der Waals surface area contributed by atoms with Gasteiger partial charge in [0.2, 0.25) is 0 Å². The molecule has 0 rings (SSSR count). The Morgan fingerprint density at radius 3 is 1.18 bits per heavy atom. The molecule has 0 saturated heterocycles. The first-order valence-corrected chi connectivity index (χ1v) is 3.41. The summed E-state index contributed by atoms with van der Waals surface area (Å²) < 4.78 is 8.88. The van der Waals surface area contributed by atoms with Crippen molar-refractivity contribution < 1.29 is 19.2 Å². The molecule has 0 aliphatic heterocycles. The Hall–Kier alpha value is 3.92. The van der Waals surface area contributed by atoms with Gasteiger partial charge in [-0.1, -0.05) is 18.2 Å². The molecule has 11 heavy (non-hydrogen) atoms. The van der Waals surface area contributed by atoms with Crippen LogP contribution in [0.4, 0.5) is 0 Å². The summed E-state index contributed by atoms with van der Waals surface area (Å²) in [7, 11) is -4.64. The van der Waals surface area contributed by atoms with Gasteiger partial charge in [0, 0.05) is 0 Å². The summed E-state index contributed by atoms with van der Waals surface area (Å²) in [5.41, 5.74) is 1.22. The molecule has 62 valence electrons. The van der Waals surface area contributed by atoms with Crippen LogP contribution < -0.4 is 0 Å². The number of phosphoric acid groups is 1. The molecule has 0 heterocycles. The van der Waals surface area contributed by atoms with Crippen molar-refractivity contribution in [3.05, 3.63) is 12.1 Å². The van der Waals surface area contributed by atoms with E-state index in [0.29, 0.717) is 0 Å². The third-order valence-electron chi connectivity index (χ3n) is 0. The second-order valence-corrected chi connectivity index (χ2v) is 2.00. The van der Waals surface area contributed by atoms with Crippen LogP contribution >= 0.6 is 19.4 Å². The topological polar surface area (TPSA) is 77.8 Å². The van der Waals surface area contributed by atoms with Crippen molar-refractivity contribution in [1.29, 1.82) is 0 Å². The first kappa shape index (κ1) is 29.4. The monoisotopic (exact) mass is 286 g/mol. The van der Waals surface area contributed by atoms with Crippen molar-refractivity contribution >= 4 is 133 Å². The number of rotatable bonds is 0. The second kappa shape index (κ2) is 19.5. The van der Waals surface area contributed by atoms with Crippen molar-refractivity contribution in [2.75, 3.05) is 0 Å². The minimum atomic E-state index is -4.64. The predicted octanol–water partition coefficient (Wildman–Crippen LogP) is -2.31. The quantitative estimate of drug-likeness (QED) is 0.345. The van der Waals surface area contributed by atoms with E-state index in [1.165, 1.54) is 5.54 Å². The number of hydrogen-bond acceptors (Lipinski definition) is 1. The molecule has 0 amide bonds. The SMILES string of the molecule is C=CCl.O=P(O)(O)O.[CaH2].[CaH2].[CaH2]. The van der Waals surface area contributed by atoms with Gasteiger partial charge in [-0.2, -0.15) is 0 Å². The third-order valence-corrected chi connectivity index (χ3v) is 0. The molecule has 0 saturated carbocycles. The summed E-state index contributed by atoms with van der Waals surface area (Å²) in [6.45, 7) is 3.13. The van der Waals surface area contributed by atoms with E-state index in [9.17, 15) is 0 Å². The maximum absolute atomic E-state index is 8.88. The fourth-order valence-corrected chi connectivity index (χ4v) is 0. The van der Waals surface area contributed by atoms with Crippen LogP contribution in [-0.2, 0) is 4.57 Å². The van der Waals surface area contributed by atoms with E-state index in [0.717, 1.165) is 0 Å². The summed E-state index contributed by atoms with van der Waals surface area (Å²) in [6, 6.07) is 0. The molecule has 0 unspecified atom stereocenters. The minimum absolute atomic E-state index is 0. The molecule has 0 fully saturated rings. The van der Waals surface area contributed by atoms with Gasteiger partial charge in [0.25, 0.3) is 0 Å². The van der Waals surface area contributed by atoms with Crippen LogP contribution in [0.2, 0.25) is 0 Å². The van der Waals surface area contributed by atoms with Crippen molar-refractivity contribution in [2.45, 2.75) is 0 Å². The zero-order chi connectivity index (χ0) is 7.21. The van der Waals surface area contributed by atoms with Gasteiger partial charge >= 0.3 is 121 Å². The fourth-order valence-electron chi connectivity index (χ4n) is 0. The molecule has 0 aliphatic carbocycles. The van der Waals surface area contributed by atoms with Crippen molar-refractivity contribution in [2.24, 2.45) is 0 Å². The maximum atomic E-state index is 8.88. The van der Waals surface area contributed by atoms with Gasteiger partial charge < -0.3 is 14.7 Å². The van der Waals surface area contributed by atoms with E-state index in [-0.39, 0.29) is 113 Å². The molecule has 0 aromatic heterocycles. The van der Waals surface area contributed by atoms with E-state index in [2.05, 4.69) is 6.58 Å². The van der Waals surface area contributed by atoms with Crippen LogP contribution in [0.3, 0.4) is 0 Å². The molecule has 0 bridgehead atoms. The van der Waals surface area contributed by atoms with Gasteiger partial charge in [0.1, 0.15) is 0 Å². The molecular weight excluding hydrogens is 275 g/mol. The summed E-state index contributed by atoms with van der Waals surface area (Å²) in [5, 5.41) is 0.